The zero-order chi connectivity index (χ0) is 22.4. The second-order valence-corrected chi connectivity index (χ2v) is 8.05. The largest absolute Gasteiger partial charge is 0.340 e. The molecule has 0 unspecified atom stereocenters. The highest BCUT2D eigenvalue weighted by molar-refractivity contribution is 6.31. The third-order valence-corrected chi connectivity index (χ3v) is 3.81. The van der Waals surface area contributed by atoms with E-state index >= 15 is 0 Å². The number of nitrogens with zero attached hydrogens (tertiary/aromatic N) is 3. The molecular formula is C24H41ClN4. The second-order valence-electron chi connectivity index (χ2n) is 7.61. The monoisotopic (exact) mass is 420 g/mol. The lowest BCUT2D eigenvalue weighted by Crippen LogP contribution is -2.51. The van der Waals surface area contributed by atoms with Gasteiger partial charge in [0, 0.05) is 42.5 Å². The molecule has 0 radical (unpaired) electrons. The summed E-state index contributed by atoms with van der Waals surface area (Å²) in [6, 6.07) is 5.71. The molecule has 4 nitrogen and oxygen atoms in total. The van der Waals surface area contributed by atoms with E-state index in [0.29, 0.717) is 5.02 Å². The van der Waals surface area contributed by atoms with Crippen LogP contribution >= 0.6 is 11.6 Å². The predicted molar refractivity (Wildman–Crippen MR) is 132 cm³/mol. The first-order valence-electron chi connectivity index (χ1n) is 10.6. The van der Waals surface area contributed by atoms with E-state index in [0.717, 1.165) is 49.1 Å². The third-order valence-electron chi connectivity index (χ3n) is 3.58. The molecule has 5 heteroatoms. The number of aliphatic imine (C=N–C) groups is 1. The molecule has 29 heavy (non-hydrogen) atoms. The maximum atomic E-state index is 6.04. The first kappa shape index (κ1) is 27.2. The Labute approximate surface area is 184 Å². The lowest BCUT2D eigenvalue weighted by molar-refractivity contribution is 0.212. The highest BCUT2D eigenvalue weighted by Gasteiger charge is 2.22. The molecule has 0 bridgehead atoms. The summed E-state index contributed by atoms with van der Waals surface area (Å²) in [4.78, 5) is 9.25. The Hall–Kier alpha value is -1.78. The van der Waals surface area contributed by atoms with Crippen LogP contribution in [0.1, 0.15) is 59.9 Å². The van der Waals surface area contributed by atoms with Crippen LogP contribution in [0.2, 0.25) is 5.02 Å². The maximum absolute atomic E-state index is 6.04. The van der Waals surface area contributed by atoms with Crippen LogP contribution in [0.5, 0.6) is 0 Å². The van der Waals surface area contributed by atoms with Crippen molar-refractivity contribution in [2.45, 2.75) is 54.4 Å². The minimum atomic E-state index is 0.704. The van der Waals surface area contributed by atoms with E-state index in [9.17, 15) is 0 Å². The quantitative estimate of drug-likeness (QED) is 0.482. The van der Waals surface area contributed by atoms with Crippen molar-refractivity contribution in [3.8, 4) is 0 Å². The van der Waals surface area contributed by atoms with Crippen LogP contribution < -0.4 is 5.32 Å². The zero-order valence-corrected chi connectivity index (χ0v) is 20.4. The molecule has 164 valence electrons. The van der Waals surface area contributed by atoms with Crippen LogP contribution in [0.25, 0.3) is 5.70 Å². The molecule has 1 aromatic rings. The van der Waals surface area contributed by atoms with Crippen molar-refractivity contribution in [1.29, 1.82) is 0 Å². The van der Waals surface area contributed by atoms with E-state index in [1.807, 2.05) is 32.0 Å². The third kappa shape index (κ3) is 11.1. The van der Waals surface area contributed by atoms with Crippen molar-refractivity contribution in [1.82, 2.24) is 15.1 Å². The number of allylic oxidation sites excluding steroid dienone is 1. The number of benzene rings is 1. The van der Waals surface area contributed by atoms with Gasteiger partial charge in [0.25, 0.3) is 0 Å². The highest BCUT2D eigenvalue weighted by atomic mass is 35.5. The fraction of sp³-hybridized carbons (Fsp3) is 0.542. The Kier molecular flexibility index (Phi) is 14.2. The zero-order valence-electron chi connectivity index (χ0n) is 19.6. The van der Waals surface area contributed by atoms with Crippen LogP contribution in [0.4, 0.5) is 5.69 Å². The summed E-state index contributed by atoms with van der Waals surface area (Å²) < 4.78 is 0. The van der Waals surface area contributed by atoms with Gasteiger partial charge in [-0.15, -0.1) is 6.58 Å². The minimum Gasteiger partial charge on any atom is -0.340 e. The molecule has 0 atom stereocenters. The molecule has 0 saturated carbocycles. The summed E-state index contributed by atoms with van der Waals surface area (Å²) in [6.07, 6.45) is 2.50. The number of hydrogen-bond acceptors (Lipinski definition) is 4. The Morgan fingerprint density at radius 3 is 2.03 bits per heavy atom. The van der Waals surface area contributed by atoms with Crippen molar-refractivity contribution in [2.75, 3.05) is 33.2 Å². The van der Waals surface area contributed by atoms with Gasteiger partial charge in [0.1, 0.15) is 0 Å². The van der Waals surface area contributed by atoms with E-state index < -0.39 is 0 Å². The molecule has 0 spiro atoms. The molecule has 2 aliphatic rings. The number of likely N-dealkylation sites (N-methyl/N-ethyl adjacent to an activating group) is 1. The van der Waals surface area contributed by atoms with Gasteiger partial charge in [0.05, 0.1) is 5.69 Å². The first-order valence-corrected chi connectivity index (χ1v) is 11.0. The van der Waals surface area contributed by atoms with Crippen molar-refractivity contribution < 1.29 is 0 Å². The molecule has 2 aliphatic heterocycles. The van der Waals surface area contributed by atoms with Gasteiger partial charge in [-0.25, -0.2) is 4.99 Å². The number of piperazine rings is 1. The summed E-state index contributed by atoms with van der Waals surface area (Å²) in [5, 5.41) is 4.00. The molecule has 0 amide bonds. The van der Waals surface area contributed by atoms with Gasteiger partial charge in [-0.1, -0.05) is 64.3 Å². The lowest BCUT2D eigenvalue weighted by atomic mass is 10.1. The molecular weight excluding hydrogens is 380 g/mol. The number of guanidine groups is 1. The smallest absolute Gasteiger partial charge is 0.203 e. The maximum Gasteiger partial charge on any atom is 0.203 e. The molecule has 1 fully saturated rings. The molecule has 1 saturated heterocycles. The van der Waals surface area contributed by atoms with Crippen molar-refractivity contribution in [2.24, 2.45) is 4.99 Å². The highest BCUT2D eigenvalue weighted by Crippen LogP contribution is 2.31. The van der Waals surface area contributed by atoms with Crippen molar-refractivity contribution in [3.05, 3.63) is 47.5 Å². The van der Waals surface area contributed by atoms with E-state index in [1.54, 1.807) is 0 Å². The Morgan fingerprint density at radius 2 is 1.55 bits per heavy atom. The molecule has 3 rings (SSSR count). The lowest BCUT2D eigenvalue weighted by Gasteiger charge is -2.36. The number of nitrogens with one attached hydrogen (secondary N) is 1. The summed E-state index contributed by atoms with van der Waals surface area (Å²) in [5.41, 5.74) is 3.96. The Bertz CT molecular complexity index is 653. The van der Waals surface area contributed by atoms with Crippen LogP contribution in [-0.4, -0.2) is 49.0 Å². The van der Waals surface area contributed by atoms with Gasteiger partial charge in [0.2, 0.25) is 5.96 Å². The van der Waals surface area contributed by atoms with Gasteiger partial charge in [0.15, 0.2) is 0 Å². The van der Waals surface area contributed by atoms with Gasteiger partial charge >= 0.3 is 0 Å². The molecule has 2 heterocycles. The Balaban J connectivity index is 0.000000665. The summed E-state index contributed by atoms with van der Waals surface area (Å²) >= 11 is 6.04. The fourth-order valence-corrected chi connectivity index (χ4v) is 2.53. The second kappa shape index (κ2) is 15.1. The molecule has 0 aliphatic carbocycles. The average molecular weight is 421 g/mol. The number of fused-ring (bicyclic) bond motifs is 1. The number of hydrogen-bond donors (Lipinski definition) is 1. The van der Waals surface area contributed by atoms with Gasteiger partial charge in [-0.05, 0) is 39.1 Å². The summed E-state index contributed by atoms with van der Waals surface area (Å²) in [6.45, 7) is 24.1. The average Bonchev–Trinajstić information content (AvgIpc) is 2.62. The standard InChI is InChI=1S/C14H17ClN4.C4H8.2C3H8/c1-10-12-4-3-11(15)9-13(12)17-14(16-10)19-7-5-18(2)6-8-19;1-4(2)3;2*1-3-2/h3-4,9H,1,5-8H2,2H3,(H,16,17);1H2,2-3H3;2*3H2,1-2H3. The van der Waals surface area contributed by atoms with Gasteiger partial charge < -0.3 is 15.1 Å². The molecule has 0 aromatic heterocycles. The Morgan fingerprint density at radius 1 is 1.07 bits per heavy atom. The number of halogens is 1. The van der Waals surface area contributed by atoms with Crippen LogP contribution in [0.15, 0.2) is 41.9 Å². The van der Waals surface area contributed by atoms with E-state index in [4.69, 9.17) is 11.6 Å². The summed E-state index contributed by atoms with van der Waals surface area (Å²) in [5.74, 6) is 0.882. The normalized spacial score (nSPS) is 15.1. The minimum absolute atomic E-state index is 0.704. The van der Waals surface area contributed by atoms with Gasteiger partial charge in [-0.2, -0.15) is 0 Å². The van der Waals surface area contributed by atoms with Crippen LogP contribution in [0, 0.1) is 0 Å². The predicted octanol–water partition coefficient (Wildman–Crippen LogP) is 6.56. The SMILES string of the molecule is C=C(C)C.C=C1NC(N2CCN(C)CC2)=Nc2cc(Cl)ccc21.CCC.CCC. The fourth-order valence-electron chi connectivity index (χ4n) is 2.36. The molecule has 1 N–H and O–H groups in total. The van der Waals surface area contributed by atoms with Gasteiger partial charge in [-0.3, -0.25) is 0 Å². The van der Waals surface area contributed by atoms with Crippen LogP contribution in [-0.2, 0) is 0 Å². The molecule has 1 aromatic carbocycles. The van der Waals surface area contributed by atoms with E-state index in [2.05, 4.69) is 68.0 Å². The first-order chi connectivity index (χ1) is 13.7. The van der Waals surface area contributed by atoms with E-state index in [1.165, 1.54) is 18.4 Å². The van der Waals surface area contributed by atoms with Crippen molar-refractivity contribution in [3.63, 3.8) is 0 Å². The van der Waals surface area contributed by atoms with E-state index in [-0.39, 0.29) is 0 Å². The topological polar surface area (TPSA) is 30.9 Å². The van der Waals surface area contributed by atoms with Crippen LogP contribution in [0.3, 0.4) is 0 Å². The summed E-state index contributed by atoms with van der Waals surface area (Å²) in [7, 11) is 2.14. The van der Waals surface area contributed by atoms with Crippen molar-refractivity contribution >= 4 is 28.9 Å². The number of rotatable bonds is 0.